The van der Waals surface area contributed by atoms with Gasteiger partial charge < -0.3 is 15.0 Å². The van der Waals surface area contributed by atoms with Gasteiger partial charge in [0.2, 0.25) is 11.8 Å². The molecule has 1 fully saturated rings. The maximum Gasteiger partial charge on any atom is 0.246 e. The first-order valence-electron chi connectivity index (χ1n) is 8.90. The summed E-state index contributed by atoms with van der Waals surface area (Å²) in [6.07, 6.45) is 3.86. The normalized spacial score (nSPS) is 15.8. The number of carbonyl (C=O) groups is 2. The van der Waals surface area contributed by atoms with E-state index in [1.807, 2.05) is 43.0 Å². The number of rotatable bonds is 6. The number of hydrogen-bond donors (Lipinski definition) is 1. The van der Waals surface area contributed by atoms with Crippen LogP contribution < -0.4 is 10.1 Å². The molecular formula is C20H28N2O3. The molecular weight excluding hydrogens is 316 g/mol. The minimum atomic E-state index is 0.0294. The molecule has 0 spiro atoms. The monoisotopic (exact) mass is 344 g/mol. The second kappa shape index (κ2) is 9.25. The van der Waals surface area contributed by atoms with Gasteiger partial charge in [-0.2, -0.15) is 0 Å². The molecule has 1 aromatic rings. The van der Waals surface area contributed by atoms with Gasteiger partial charge in [0.1, 0.15) is 5.75 Å². The molecule has 1 N–H and O–H groups in total. The topological polar surface area (TPSA) is 58.6 Å². The molecule has 2 rings (SSSR count). The molecule has 1 heterocycles. The van der Waals surface area contributed by atoms with Gasteiger partial charge in [-0.1, -0.05) is 23.8 Å². The molecule has 0 saturated carbocycles. The maximum absolute atomic E-state index is 12.5. The molecule has 0 bridgehead atoms. The van der Waals surface area contributed by atoms with E-state index in [1.54, 1.807) is 13.2 Å². The summed E-state index contributed by atoms with van der Waals surface area (Å²) in [6.45, 7) is 5.82. The number of nitrogens with zero attached hydrogens (tertiary/aromatic N) is 1. The Bertz CT molecular complexity index is 632. The van der Waals surface area contributed by atoms with Crippen LogP contribution in [-0.4, -0.2) is 43.5 Å². The molecule has 0 aliphatic carbocycles. The molecule has 1 aliphatic rings. The zero-order chi connectivity index (χ0) is 18.2. The van der Waals surface area contributed by atoms with Crippen LogP contribution in [-0.2, 0) is 16.0 Å². The number of methoxy groups -OCH3 is 1. The van der Waals surface area contributed by atoms with Gasteiger partial charge in [0, 0.05) is 31.6 Å². The number of likely N-dealkylation sites (tertiary alicyclic amines) is 1. The summed E-state index contributed by atoms with van der Waals surface area (Å²) >= 11 is 0. The second-order valence-electron chi connectivity index (χ2n) is 6.47. The van der Waals surface area contributed by atoms with E-state index in [2.05, 4.69) is 5.32 Å². The lowest BCUT2D eigenvalue weighted by atomic mass is 9.95. The number of hydrogen-bond acceptors (Lipinski definition) is 3. The SMILES string of the molecule is CCNC(=O)C1CCN(C(=O)C=C(C)Cc2ccccc2OC)CC1. The van der Waals surface area contributed by atoms with Crippen molar-refractivity contribution in [3.05, 3.63) is 41.5 Å². The van der Waals surface area contributed by atoms with Crippen LogP contribution in [0.1, 0.15) is 32.3 Å². The van der Waals surface area contributed by atoms with Crippen molar-refractivity contribution in [1.82, 2.24) is 10.2 Å². The highest BCUT2D eigenvalue weighted by Gasteiger charge is 2.26. The van der Waals surface area contributed by atoms with Crippen LogP contribution in [0.25, 0.3) is 0 Å². The van der Waals surface area contributed by atoms with Crippen LogP contribution in [0.5, 0.6) is 5.75 Å². The molecule has 0 aromatic heterocycles. The Kier molecular flexibility index (Phi) is 7.04. The minimum absolute atomic E-state index is 0.0294. The van der Waals surface area contributed by atoms with E-state index >= 15 is 0 Å². The molecule has 1 aliphatic heterocycles. The van der Waals surface area contributed by atoms with Crippen LogP contribution in [0.3, 0.4) is 0 Å². The summed E-state index contributed by atoms with van der Waals surface area (Å²) in [5.41, 5.74) is 2.07. The van der Waals surface area contributed by atoms with E-state index in [-0.39, 0.29) is 17.7 Å². The van der Waals surface area contributed by atoms with Crippen molar-refractivity contribution in [1.29, 1.82) is 0 Å². The Morgan fingerprint density at radius 3 is 2.60 bits per heavy atom. The van der Waals surface area contributed by atoms with Gasteiger partial charge in [-0.05, 0) is 44.7 Å². The molecule has 1 aromatic carbocycles. The number of benzene rings is 1. The van der Waals surface area contributed by atoms with Crippen molar-refractivity contribution in [3.8, 4) is 5.75 Å². The van der Waals surface area contributed by atoms with Gasteiger partial charge in [0.05, 0.1) is 7.11 Å². The lowest BCUT2D eigenvalue weighted by Crippen LogP contribution is -2.42. The fourth-order valence-electron chi connectivity index (χ4n) is 3.18. The van der Waals surface area contributed by atoms with Crippen LogP contribution in [0.4, 0.5) is 0 Å². The maximum atomic E-state index is 12.5. The van der Waals surface area contributed by atoms with Crippen molar-refractivity contribution in [2.75, 3.05) is 26.7 Å². The third-order valence-electron chi connectivity index (χ3n) is 4.56. The summed E-state index contributed by atoms with van der Waals surface area (Å²) in [6, 6.07) is 7.85. The number of piperidine rings is 1. The van der Waals surface area contributed by atoms with Crippen molar-refractivity contribution < 1.29 is 14.3 Å². The second-order valence-corrected chi connectivity index (χ2v) is 6.47. The lowest BCUT2D eigenvalue weighted by molar-refractivity contribution is -0.132. The molecule has 136 valence electrons. The number of para-hydroxylation sites is 1. The van der Waals surface area contributed by atoms with Gasteiger partial charge >= 0.3 is 0 Å². The predicted octanol–water partition coefficient (Wildman–Crippen LogP) is 2.56. The van der Waals surface area contributed by atoms with Gasteiger partial charge in [-0.15, -0.1) is 0 Å². The fraction of sp³-hybridized carbons (Fsp3) is 0.500. The Balaban J connectivity index is 1.91. The van der Waals surface area contributed by atoms with Gasteiger partial charge in [-0.25, -0.2) is 0 Å². The minimum Gasteiger partial charge on any atom is -0.496 e. The molecule has 0 unspecified atom stereocenters. The first-order valence-corrected chi connectivity index (χ1v) is 8.90. The first-order chi connectivity index (χ1) is 12.0. The van der Waals surface area contributed by atoms with Crippen molar-refractivity contribution in [2.24, 2.45) is 5.92 Å². The highest BCUT2D eigenvalue weighted by Crippen LogP contribution is 2.21. The van der Waals surface area contributed by atoms with Gasteiger partial charge in [0.15, 0.2) is 0 Å². The van der Waals surface area contributed by atoms with Crippen LogP contribution >= 0.6 is 0 Å². The van der Waals surface area contributed by atoms with Crippen LogP contribution in [0, 0.1) is 5.92 Å². The largest absolute Gasteiger partial charge is 0.496 e. The summed E-state index contributed by atoms with van der Waals surface area (Å²) in [5.74, 6) is 1.01. The average Bonchev–Trinajstić information content (AvgIpc) is 2.62. The summed E-state index contributed by atoms with van der Waals surface area (Å²) in [7, 11) is 1.65. The summed E-state index contributed by atoms with van der Waals surface area (Å²) in [4.78, 5) is 26.2. The third-order valence-corrected chi connectivity index (χ3v) is 4.56. The summed E-state index contributed by atoms with van der Waals surface area (Å²) < 4.78 is 5.36. The Morgan fingerprint density at radius 1 is 1.28 bits per heavy atom. The van der Waals surface area contributed by atoms with Gasteiger partial charge in [0.25, 0.3) is 0 Å². The van der Waals surface area contributed by atoms with E-state index in [1.165, 1.54) is 0 Å². The smallest absolute Gasteiger partial charge is 0.246 e. The number of amides is 2. The lowest BCUT2D eigenvalue weighted by Gasteiger charge is -2.30. The zero-order valence-corrected chi connectivity index (χ0v) is 15.4. The van der Waals surface area contributed by atoms with Crippen LogP contribution in [0.15, 0.2) is 35.9 Å². The fourth-order valence-corrected chi connectivity index (χ4v) is 3.18. The molecule has 0 atom stereocenters. The predicted molar refractivity (Wildman–Crippen MR) is 98.4 cm³/mol. The quantitative estimate of drug-likeness (QED) is 0.807. The molecule has 25 heavy (non-hydrogen) atoms. The molecule has 0 radical (unpaired) electrons. The first kappa shape index (κ1) is 19.0. The van der Waals surface area contributed by atoms with E-state index < -0.39 is 0 Å². The van der Waals surface area contributed by atoms with E-state index in [0.29, 0.717) is 26.1 Å². The summed E-state index contributed by atoms with van der Waals surface area (Å²) in [5, 5.41) is 2.86. The van der Waals surface area contributed by atoms with Gasteiger partial charge in [-0.3, -0.25) is 9.59 Å². The number of allylic oxidation sites excluding steroid dienone is 1. The number of carbonyl (C=O) groups excluding carboxylic acids is 2. The standard InChI is InChI=1S/C20H28N2O3/c1-4-21-20(24)16-9-11-22(12-10-16)19(23)14-15(2)13-17-7-5-6-8-18(17)25-3/h5-8,14,16H,4,9-13H2,1-3H3,(H,21,24). The van der Waals surface area contributed by atoms with Crippen molar-refractivity contribution in [2.45, 2.75) is 33.1 Å². The van der Waals surface area contributed by atoms with Crippen molar-refractivity contribution in [3.63, 3.8) is 0 Å². The molecule has 1 saturated heterocycles. The van der Waals surface area contributed by atoms with E-state index in [0.717, 1.165) is 29.7 Å². The Morgan fingerprint density at radius 2 is 1.96 bits per heavy atom. The van der Waals surface area contributed by atoms with Crippen LogP contribution in [0.2, 0.25) is 0 Å². The third kappa shape index (κ3) is 5.34. The molecule has 2 amide bonds. The van der Waals surface area contributed by atoms with Crippen molar-refractivity contribution >= 4 is 11.8 Å². The molecule has 5 heteroatoms. The number of ether oxygens (including phenoxy) is 1. The Hall–Kier alpha value is -2.30. The number of nitrogens with one attached hydrogen (secondary N) is 1. The highest BCUT2D eigenvalue weighted by atomic mass is 16.5. The average molecular weight is 344 g/mol. The Labute approximate surface area is 150 Å². The van der Waals surface area contributed by atoms with E-state index in [9.17, 15) is 9.59 Å². The molecule has 5 nitrogen and oxygen atoms in total. The van der Waals surface area contributed by atoms with E-state index in [4.69, 9.17) is 4.74 Å². The zero-order valence-electron chi connectivity index (χ0n) is 15.4. The highest BCUT2D eigenvalue weighted by molar-refractivity contribution is 5.88.